The van der Waals surface area contributed by atoms with Gasteiger partial charge in [0, 0.05) is 26.1 Å². The Hall–Kier alpha value is -2.30. The molecule has 0 saturated heterocycles. The summed E-state index contributed by atoms with van der Waals surface area (Å²) in [6.07, 6.45) is 5.51. The minimum Gasteiger partial charge on any atom is -0.444 e. The second-order valence-corrected chi connectivity index (χ2v) is 10.9. The average molecular weight is 439 g/mol. The highest BCUT2D eigenvalue weighted by Gasteiger charge is 2.37. The van der Waals surface area contributed by atoms with Gasteiger partial charge in [-0.05, 0) is 94.4 Å². The van der Waals surface area contributed by atoms with Crippen LogP contribution in [0.4, 0.5) is 4.79 Å². The maximum absolute atomic E-state index is 13.4. The summed E-state index contributed by atoms with van der Waals surface area (Å²) in [5.74, 6) is 0.888. The van der Waals surface area contributed by atoms with Gasteiger partial charge in [0.2, 0.25) is 5.91 Å². The topological polar surface area (TPSA) is 49.9 Å². The van der Waals surface area contributed by atoms with Gasteiger partial charge in [0.1, 0.15) is 5.60 Å². The molecular formula is C27H38N2O3. The molecule has 0 bridgehead atoms. The Kier molecular flexibility index (Phi) is 6.37. The van der Waals surface area contributed by atoms with E-state index < -0.39 is 5.60 Å². The summed E-state index contributed by atoms with van der Waals surface area (Å²) in [5.41, 5.74) is 5.25. The standard InChI is InChI=1S/C27H38N2O3/c1-18-24-16-21-8-6-7-9-22(21)23(24)14-15-29(18)25(30)20-12-10-19(11-13-20)17-28(5)26(31)32-27(2,3)4/h6-9,18-20H,10-17H2,1-5H3. The number of fused-ring (bicyclic) bond motifs is 2. The minimum atomic E-state index is -0.476. The van der Waals surface area contributed by atoms with Gasteiger partial charge in [-0.15, -0.1) is 0 Å². The van der Waals surface area contributed by atoms with Crippen LogP contribution in [0.5, 0.6) is 0 Å². The molecule has 4 rings (SSSR count). The third kappa shape index (κ3) is 4.72. The largest absolute Gasteiger partial charge is 0.444 e. The van der Waals surface area contributed by atoms with Crippen LogP contribution in [-0.2, 0) is 16.0 Å². The van der Waals surface area contributed by atoms with Crippen molar-refractivity contribution in [1.29, 1.82) is 0 Å². The molecule has 3 aliphatic rings. The molecule has 1 atom stereocenters. The summed E-state index contributed by atoms with van der Waals surface area (Å²) in [7, 11) is 1.81. The Labute approximate surface area is 192 Å². The number of nitrogens with zero attached hydrogens (tertiary/aromatic N) is 2. The van der Waals surface area contributed by atoms with Gasteiger partial charge in [-0.3, -0.25) is 4.79 Å². The van der Waals surface area contributed by atoms with E-state index in [-0.39, 0.29) is 18.1 Å². The average Bonchev–Trinajstić information content (AvgIpc) is 3.13. The van der Waals surface area contributed by atoms with E-state index >= 15 is 0 Å². The quantitative estimate of drug-likeness (QED) is 0.644. The van der Waals surface area contributed by atoms with Crippen molar-refractivity contribution < 1.29 is 14.3 Å². The van der Waals surface area contributed by atoms with Crippen molar-refractivity contribution in [3.63, 3.8) is 0 Å². The minimum absolute atomic E-state index is 0.117. The van der Waals surface area contributed by atoms with E-state index in [9.17, 15) is 9.59 Å². The van der Waals surface area contributed by atoms with Crippen molar-refractivity contribution in [3.05, 3.63) is 41.0 Å². The van der Waals surface area contributed by atoms with E-state index in [4.69, 9.17) is 4.74 Å². The second kappa shape index (κ2) is 8.92. The number of carbonyl (C=O) groups excluding carboxylic acids is 2. The summed E-state index contributed by atoms with van der Waals surface area (Å²) in [6, 6.07) is 8.88. The molecule has 1 aromatic carbocycles. The van der Waals surface area contributed by atoms with Gasteiger partial charge < -0.3 is 14.5 Å². The normalized spacial score (nSPS) is 25.3. The molecule has 5 nitrogen and oxygen atoms in total. The lowest BCUT2D eigenvalue weighted by atomic mass is 9.80. The molecule has 1 fully saturated rings. The summed E-state index contributed by atoms with van der Waals surface area (Å²) < 4.78 is 5.47. The van der Waals surface area contributed by atoms with Crippen LogP contribution in [0.3, 0.4) is 0 Å². The van der Waals surface area contributed by atoms with Crippen molar-refractivity contribution in [2.24, 2.45) is 11.8 Å². The van der Waals surface area contributed by atoms with E-state index in [0.717, 1.165) is 45.1 Å². The number of hydrogen-bond donors (Lipinski definition) is 0. The van der Waals surface area contributed by atoms with Crippen LogP contribution < -0.4 is 0 Å². The van der Waals surface area contributed by atoms with E-state index in [0.29, 0.717) is 18.4 Å². The highest BCUT2D eigenvalue weighted by atomic mass is 16.6. The number of amides is 2. The summed E-state index contributed by atoms with van der Waals surface area (Å²) >= 11 is 0. The summed E-state index contributed by atoms with van der Waals surface area (Å²) in [5, 5.41) is 0. The van der Waals surface area contributed by atoms with E-state index in [1.807, 2.05) is 27.8 Å². The van der Waals surface area contributed by atoms with Crippen LogP contribution >= 0.6 is 0 Å². The Morgan fingerprint density at radius 3 is 2.50 bits per heavy atom. The van der Waals surface area contributed by atoms with Crippen molar-refractivity contribution in [1.82, 2.24) is 9.80 Å². The van der Waals surface area contributed by atoms with Crippen molar-refractivity contribution >= 4 is 17.6 Å². The van der Waals surface area contributed by atoms with Crippen molar-refractivity contribution in [3.8, 4) is 0 Å². The first-order valence-corrected chi connectivity index (χ1v) is 12.2. The monoisotopic (exact) mass is 438 g/mol. The van der Waals surface area contributed by atoms with Crippen LogP contribution in [0.15, 0.2) is 29.8 Å². The van der Waals surface area contributed by atoms with E-state index in [1.165, 1.54) is 22.3 Å². The highest BCUT2D eigenvalue weighted by molar-refractivity contribution is 5.84. The van der Waals surface area contributed by atoms with Crippen LogP contribution in [0.2, 0.25) is 0 Å². The molecule has 0 N–H and O–H groups in total. The first-order chi connectivity index (χ1) is 15.1. The zero-order valence-electron chi connectivity index (χ0n) is 20.3. The van der Waals surface area contributed by atoms with Gasteiger partial charge in [0.25, 0.3) is 0 Å². The molecule has 1 aliphatic heterocycles. The first-order valence-electron chi connectivity index (χ1n) is 12.2. The fourth-order valence-electron chi connectivity index (χ4n) is 5.69. The predicted molar refractivity (Wildman–Crippen MR) is 127 cm³/mol. The first kappa shape index (κ1) is 22.9. The molecule has 0 radical (unpaired) electrons. The molecule has 1 unspecified atom stereocenters. The fraction of sp³-hybridized carbons (Fsp3) is 0.630. The van der Waals surface area contributed by atoms with Crippen LogP contribution in [-0.4, -0.2) is 53.6 Å². The molecule has 174 valence electrons. The molecule has 5 heteroatoms. The summed E-state index contributed by atoms with van der Waals surface area (Å²) in [4.78, 5) is 29.5. The SMILES string of the molecule is CC1C2=C(CCN1C(=O)C1CCC(CN(C)C(=O)OC(C)(C)C)CC1)c1ccccc1C2. The van der Waals surface area contributed by atoms with Gasteiger partial charge in [0.15, 0.2) is 0 Å². The third-order valence-electron chi connectivity index (χ3n) is 7.40. The lowest BCUT2D eigenvalue weighted by Gasteiger charge is -2.39. The smallest absolute Gasteiger partial charge is 0.410 e. The molecule has 1 saturated carbocycles. The molecule has 0 aromatic heterocycles. The molecule has 32 heavy (non-hydrogen) atoms. The molecule has 1 heterocycles. The molecule has 0 spiro atoms. The Morgan fingerprint density at radius 2 is 1.81 bits per heavy atom. The maximum Gasteiger partial charge on any atom is 0.410 e. The van der Waals surface area contributed by atoms with Gasteiger partial charge >= 0.3 is 6.09 Å². The predicted octanol–water partition coefficient (Wildman–Crippen LogP) is 5.29. The Balaban J connectivity index is 1.30. The molecule has 2 amide bonds. The number of rotatable bonds is 3. The van der Waals surface area contributed by atoms with Gasteiger partial charge in [0.05, 0.1) is 6.04 Å². The van der Waals surface area contributed by atoms with Crippen molar-refractivity contribution in [2.45, 2.75) is 77.9 Å². The molecular weight excluding hydrogens is 400 g/mol. The molecule has 1 aromatic rings. The second-order valence-electron chi connectivity index (χ2n) is 10.9. The Morgan fingerprint density at radius 1 is 1.12 bits per heavy atom. The number of ether oxygens (including phenoxy) is 1. The summed E-state index contributed by atoms with van der Waals surface area (Å²) in [6.45, 7) is 9.40. The number of carbonyl (C=O) groups is 2. The fourth-order valence-corrected chi connectivity index (χ4v) is 5.69. The van der Waals surface area contributed by atoms with Crippen LogP contribution in [0, 0.1) is 11.8 Å². The highest BCUT2D eigenvalue weighted by Crippen LogP contribution is 2.42. The zero-order chi connectivity index (χ0) is 23.0. The Bertz CT molecular complexity index is 906. The maximum atomic E-state index is 13.4. The van der Waals surface area contributed by atoms with Gasteiger partial charge in [-0.1, -0.05) is 24.3 Å². The zero-order valence-corrected chi connectivity index (χ0v) is 20.3. The third-order valence-corrected chi connectivity index (χ3v) is 7.40. The van der Waals surface area contributed by atoms with Crippen LogP contribution in [0.25, 0.3) is 5.57 Å². The van der Waals surface area contributed by atoms with Crippen molar-refractivity contribution in [2.75, 3.05) is 20.1 Å². The van der Waals surface area contributed by atoms with E-state index in [2.05, 4.69) is 36.1 Å². The van der Waals surface area contributed by atoms with Gasteiger partial charge in [-0.2, -0.15) is 0 Å². The number of hydrogen-bond acceptors (Lipinski definition) is 3. The van der Waals surface area contributed by atoms with E-state index in [1.54, 1.807) is 4.90 Å². The van der Waals surface area contributed by atoms with Crippen LogP contribution in [0.1, 0.15) is 70.9 Å². The molecule has 2 aliphatic carbocycles. The lowest BCUT2D eigenvalue weighted by Crippen LogP contribution is -2.47. The lowest BCUT2D eigenvalue weighted by molar-refractivity contribution is -0.138. The number of benzene rings is 1. The van der Waals surface area contributed by atoms with Gasteiger partial charge in [-0.25, -0.2) is 4.79 Å².